The lowest BCUT2D eigenvalue weighted by Gasteiger charge is -2.15. The predicted octanol–water partition coefficient (Wildman–Crippen LogP) is 3.68. The maximum atomic E-state index is 12.8. The first-order valence-corrected chi connectivity index (χ1v) is 6.88. The van der Waals surface area contributed by atoms with Crippen molar-refractivity contribution < 1.29 is 13.9 Å². The molecule has 110 valence electrons. The van der Waals surface area contributed by atoms with Crippen molar-refractivity contribution >= 4 is 17.5 Å². The predicted molar refractivity (Wildman–Crippen MR) is 80.3 cm³/mol. The summed E-state index contributed by atoms with van der Waals surface area (Å²) >= 11 is 5.79. The van der Waals surface area contributed by atoms with Crippen LogP contribution in [0, 0.1) is 5.82 Å². The third-order valence-corrected chi connectivity index (χ3v) is 3.06. The lowest BCUT2D eigenvalue weighted by Crippen LogP contribution is -2.33. The molecule has 0 radical (unpaired) electrons. The van der Waals surface area contributed by atoms with Crippen molar-refractivity contribution in [2.45, 2.75) is 13.0 Å². The van der Waals surface area contributed by atoms with E-state index in [0.717, 1.165) is 0 Å². The molecule has 2 rings (SSSR count). The van der Waals surface area contributed by atoms with Crippen molar-refractivity contribution in [3.63, 3.8) is 0 Å². The average molecular weight is 308 g/mol. The van der Waals surface area contributed by atoms with Gasteiger partial charge in [-0.05, 0) is 55.5 Å². The second kappa shape index (κ2) is 7.09. The Kier molecular flexibility index (Phi) is 5.17. The third kappa shape index (κ3) is 4.76. The van der Waals surface area contributed by atoms with Crippen molar-refractivity contribution in [1.29, 1.82) is 0 Å². The van der Waals surface area contributed by atoms with Crippen molar-refractivity contribution in [2.75, 3.05) is 6.54 Å². The zero-order valence-electron chi connectivity index (χ0n) is 11.5. The van der Waals surface area contributed by atoms with Gasteiger partial charge < -0.3 is 10.1 Å². The van der Waals surface area contributed by atoms with E-state index in [-0.39, 0.29) is 17.8 Å². The highest BCUT2D eigenvalue weighted by Gasteiger charge is 2.09. The second-order valence-corrected chi connectivity index (χ2v) is 5.04. The summed E-state index contributed by atoms with van der Waals surface area (Å²) in [6.45, 7) is 2.19. The molecule has 5 heteroatoms. The Balaban J connectivity index is 1.83. The molecule has 1 atom stereocenters. The summed E-state index contributed by atoms with van der Waals surface area (Å²) in [5.41, 5.74) is 0.412. The van der Waals surface area contributed by atoms with E-state index in [1.165, 1.54) is 24.3 Å². The number of hydrogen-bond acceptors (Lipinski definition) is 2. The summed E-state index contributed by atoms with van der Waals surface area (Å²) < 4.78 is 18.4. The van der Waals surface area contributed by atoms with Crippen LogP contribution < -0.4 is 10.1 Å². The van der Waals surface area contributed by atoms with E-state index in [1.807, 2.05) is 6.92 Å². The van der Waals surface area contributed by atoms with Gasteiger partial charge in [0.1, 0.15) is 17.7 Å². The number of ether oxygens (including phenoxy) is 1. The zero-order chi connectivity index (χ0) is 15.2. The summed E-state index contributed by atoms with van der Waals surface area (Å²) in [6, 6.07) is 12.4. The monoisotopic (exact) mass is 307 g/mol. The van der Waals surface area contributed by atoms with Crippen LogP contribution in [-0.4, -0.2) is 18.6 Å². The largest absolute Gasteiger partial charge is 0.489 e. The number of nitrogens with one attached hydrogen (secondary N) is 1. The van der Waals surface area contributed by atoms with Crippen molar-refractivity contribution in [1.82, 2.24) is 5.32 Å². The van der Waals surface area contributed by atoms with Crippen LogP contribution in [0.3, 0.4) is 0 Å². The van der Waals surface area contributed by atoms with Crippen LogP contribution >= 0.6 is 11.6 Å². The van der Waals surface area contributed by atoms with Crippen LogP contribution in [0.2, 0.25) is 5.02 Å². The van der Waals surface area contributed by atoms with Gasteiger partial charge in [0.25, 0.3) is 5.91 Å². The fraction of sp³-hybridized carbons (Fsp3) is 0.188. The Morgan fingerprint density at radius 1 is 1.19 bits per heavy atom. The molecule has 2 aromatic carbocycles. The molecule has 0 heterocycles. The summed E-state index contributed by atoms with van der Waals surface area (Å²) in [7, 11) is 0. The van der Waals surface area contributed by atoms with E-state index >= 15 is 0 Å². The Morgan fingerprint density at radius 2 is 1.81 bits per heavy atom. The van der Waals surface area contributed by atoms with Crippen LogP contribution in [0.4, 0.5) is 4.39 Å². The van der Waals surface area contributed by atoms with Gasteiger partial charge in [-0.15, -0.1) is 0 Å². The van der Waals surface area contributed by atoms with Crippen LogP contribution in [-0.2, 0) is 0 Å². The minimum atomic E-state index is -0.369. The molecule has 2 aromatic rings. The van der Waals surface area contributed by atoms with Crippen LogP contribution in [0.15, 0.2) is 48.5 Å². The first-order valence-electron chi connectivity index (χ1n) is 6.50. The molecule has 0 aliphatic carbocycles. The minimum absolute atomic E-state index is 0.199. The number of rotatable bonds is 5. The first-order chi connectivity index (χ1) is 10.0. The van der Waals surface area contributed by atoms with Gasteiger partial charge in [-0.1, -0.05) is 11.6 Å². The van der Waals surface area contributed by atoms with Gasteiger partial charge in [0, 0.05) is 10.6 Å². The molecule has 0 saturated carbocycles. The smallest absolute Gasteiger partial charge is 0.251 e. The highest BCUT2D eigenvalue weighted by atomic mass is 35.5. The van der Waals surface area contributed by atoms with Crippen molar-refractivity contribution in [3.8, 4) is 5.75 Å². The molecule has 1 N–H and O–H groups in total. The lowest BCUT2D eigenvalue weighted by atomic mass is 10.2. The number of amides is 1. The highest BCUT2D eigenvalue weighted by Crippen LogP contribution is 2.16. The molecule has 0 saturated heterocycles. The number of carbonyl (C=O) groups is 1. The van der Waals surface area contributed by atoms with E-state index in [0.29, 0.717) is 22.9 Å². The topological polar surface area (TPSA) is 38.3 Å². The molecule has 1 amide bonds. The highest BCUT2D eigenvalue weighted by molar-refractivity contribution is 6.30. The Hall–Kier alpha value is -2.07. The van der Waals surface area contributed by atoms with Gasteiger partial charge >= 0.3 is 0 Å². The fourth-order valence-electron chi connectivity index (χ4n) is 1.73. The maximum Gasteiger partial charge on any atom is 0.251 e. The van der Waals surface area contributed by atoms with E-state index in [1.54, 1.807) is 24.3 Å². The van der Waals surface area contributed by atoms with Crippen molar-refractivity contribution in [3.05, 3.63) is 64.9 Å². The molecular weight excluding hydrogens is 293 g/mol. The summed E-state index contributed by atoms with van der Waals surface area (Å²) in [6.07, 6.45) is -0.199. The van der Waals surface area contributed by atoms with Gasteiger partial charge in [0.2, 0.25) is 0 Å². The van der Waals surface area contributed by atoms with Gasteiger partial charge in [0.05, 0.1) is 6.54 Å². The van der Waals surface area contributed by atoms with E-state index in [9.17, 15) is 9.18 Å². The molecule has 0 aromatic heterocycles. The number of hydrogen-bond donors (Lipinski definition) is 1. The molecule has 1 unspecified atom stereocenters. The van der Waals surface area contributed by atoms with Crippen LogP contribution in [0.25, 0.3) is 0 Å². The van der Waals surface area contributed by atoms with Gasteiger partial charge in [0.15, 0.2) is 0 Å². The number of carbonyl (C=O) groups excluding carboxylic acids is 1. The van der Waals surface area contributed by atoms with Gasteiger partial charge in [-0.2, -0.15) is 0 Å². The molecule has 0 aliphatic heterocycles. The van der Waals surface area contributed by atoms with Crippen LogP contribution in [0.1, 0.15) is 17.3 Å². The minimum Gasteiger partial charge on any atom is -0.489 e. The molecule has 0 fully saturated rings. The van der Waals surface area contributed by atoms with Gasteiger partial charge in [-0.3, -0.25) is 4.79 Å². The third-order valence-electron chi connectivity index (χ3n) is 2.81. The summed E-state index contributed by atoms with van der Waals surface area (Å²) in [5.74, 6) is 0.0514. The second-order valence-electron chi connectivity index (χ2n) is 4.60. The normalized spacial score (nSPS) is 11.8. The molecule has 0 bridgehead atoms. The SMILES string of the molecule is CC(CNC(=O)c1ccc(F)cc1)Oc1ccc(Cl)cc1. The van der Waals surface area contributed by atoms with E-state index < -0.39 is 0 Å². The molecule has 0 aliphatic rings. The Morgan fingerprint density at radius 3 is 2.43 bits per heavy atom. The van der Waals surface area contributed by atoms with Crippen LogP contribution in [0.5, 0.6) is 5.75 Å². The molecule has 21 heavy (non-hydrogen) atoms. The first kappa shape index (κ1) is 15.3. The van der Waals surface area contributed by atoms with Crippen molar-refractivity contribution in [2.24, 2.45) is 0 Å². The van der Waals surface area contributed by atoms with Gasteiger partial charge in [-0.25, -0.2) is 4.39 Å². The summed E-state index contributed by atoms with van der Waals surface area (Å²) in [4.78, 5) is 11.9. The average Bonchev–Trinajstić information content (AvgIpc) is 2.48. The molecule has 3 nitrogen and oxygen atoms in total. The van der Waals surface area contributed by atoms with E-state index in [4.69, 9.17) is 16.3 Å². The standard InChI is InChI=1S/C16H15ClFNO2/c1-11(21-15-8-4-13(17)5-9-15)10-19-16(20)12-2-6-14(18)7-3-12/h2-9,11H,10H2,1H3,(H,19,20). The Labute approximate surface area is 127 Å². The van der Waals surface area contributed by atoms with E-state index in [2.05, 4.69) is 5.32 Å². The zero-order valence-corrected chi connectivity index (χ0v) is 12.2. The lowest BCUT2D eigenvalue weighted by molar-refractivity contribution is 0.0932. The fourth-order valence-corrected chi connectivity index (χ4v) is 1.85. The number of benzene rings is 2. The number of halogens is 2. The maximum absolute atomic E-state index is 12.8. The molecular formula is C16H15ClFNO2. The summed E-state index contributed by atoms with van der Waals surface area (Å²) in [5, 5.41) is 3.38. The quantitative estimate of drug-likeness (QED) is 0.915. The Bertz CT molecular complexity index is 599. The molecule has 0 spiro atoms.